The van der Waals surface area contributed by atoms with Crippen molar-refractivity contribution in [3.8, 4) is 5.75 Å². The van der Waals surface area contributed by atoms with E-state index in [1.165, 1.54) is 4.90 Å². The van der Waals surface area contributed by atoms with Gasteiger partial charge in [0.25, 0.3) is 5.91 Å². The van der Waals surface area contributed by atoms with Gasteiger partial charge < -0.3 is 19.6 Å². The number of benzene rings is 2. The Balaban J connectivity index is 2.05. The number of rotatable bonds is 10. The standard InChI is InChI=1S/C29H38N2O4/c1-7-21-9-11-22(12-10-21)26-25(28(33)29(34)31(26)16-8-15-30(5)6)27(32)24-14-13-23(17-20(24)4)35-18-19(2)3/h9-14,17,19,26,32H,7-8,15-16,18H2,1-6H3/b27-25+. The molecule has 0 bridgehead atoms. The average Bonchev–Trinajstić information content (AvgIpc) is 3.07. The van der Waals surface area contributed by atoms with Crippen molar-refractivity contribution in [2.24, 2.45) is 5.92 Å². The lowest BCUT2D eigenvalue weighted by Gasteiger charge is -2.28. The molecule has 0 radical (unpaired) electrons. The summed E-state index contributed by atoms with van der Waals surface area (Å²) in [5.74, 6) is -0.612. The Morgan fingerprint density at radius 1 is 1.11 bits per heavy atom. The zero-order valence-corrected chi connectivity index (χ0v) is 21.8. The number of hydrogen-bond donors (Lipinski definition) is 1. The number of nitrogens with zero attached hydrogens (tertiary/aromatic N) is 1. The molecule has 1 N–H and O–H groups in total. The van der Waals surface area contributed by atoms with Gasteiger partial charge in [0.15, 0.2) is 0 Å². The second-order valence-corrected chi connectivity index (χ2v) is 10.1. The lowest BCUT2D eigenvalue weighted by Crippen LogP contribution is -3.05. The van der Waals surface area contributed by atoms with Gasteiger partial charge in [-0.1, -0.05) is 56.9 Å². The Hall–Kier alpha value is -3.12. The highest BCUT2D eigenvalue weighted by Crippen LogP contribution is 2.39. The zero-order valence-electron chi connectivity index (χ0n) is 21.8. The van der Waals surface area contributed by atoms with Gasteiger partial charge in [0.1, 0.15) is 5.75 Å². The molecule has 3 rings (SSSR count). The van der Waals surface area contributed by atoms with E-state index in [-0.39, 0.29) is 11.3 Å². The average molecular weight is 479 g/mol. The maximum atomic E-state index is 13.8. The molecule has 0 aromatic heterocycles. The molecule has 1 amide bonds. The van der Waals surface area contributed by atoms with Gasteiger partial charge in [-0.15, -0.1) is 0 Å². The summed E-state index contributed by atoms with van der Waals surface area (Å²) in [5.41, 5.74) is 3.13. The van der Waals surface area contributed by atoms with Gasteiger partial charge in [-0.2, -0.15) is 0 Å². The quantitative estimate of drug-likeness (QED) is 0.323. The van der Waals surface area contributed by atoms with Crippen LogP contribution in [0.5, 0.6) is 5.75 Å². The van der Waals surface area contributed by atoms with Crippen molar-refractivity contribution >= 4 is 17.4 Å². The first-order valence-electron chi connectivity index (χ1n) is 12.5. The molecule has 35 heavy (non-hydrogen) atoms. The summed E-state index contributed by atoms with van der Waals surface area (Å²) in [7, 11) is 4.10. The molecule has 2 aromatic rings. The molecular formula is C29H38N2O4. The summed E-state index contributed by atoms with van der Waals surface area (Å²) in [6.45, 7) is 9.92. The van der Waals surface area contributed by atoms with Gasteiger partial charge in [-0.25, -0.2) is 0 Å². The van der Waals surface area contributed by atoms with E-state index in [0.29, 0.717) is 30.4 Å². The Morgan fingerprint density at radius 3 is 2.37 bits per heavy atom. The normalized spacial score (nSPS) is 17.6. The molecule has 0 spiro atoms. The number of aryl methyl sites for hydroxylation is 2. The SMILES string of the molecule is CCc1ccc(C2/C(=C(\[O-])c3ccc(OCC(C)C)cc3C)C(=O)C(=O)N2CCC[NH+](C)C)cc1. The minimum absolute atomic E-state index is 0.0374. The molecule has 1 unspecified atom stereocenters. The Bertz CT molecular complexity index is 1090. The molecule has 6 heteroatoms. The summed E-state index contributed by atoms with van der Waals surface area (Å²) in [4.78, 5) is 29.2. The van der Waals surface area contributed by atoms with Crippen molar-refractivity contribution in [1.82, 2.24) is 4.90 Å². The third kappa shape index (κ3) is 6.12. The molecule has 1 fully saturated rings. The van der Waals surface area contributed by atoms with Gasteiger partial charge in [-0.3, -0.25) is 9.59 Å². The highest BCUT2D eigenvalue weighted by atomic mass is 16.5. The van der Waals surface area contributed by atoms with Crippen molar-refractivity contribution < 1.29 is 24.3 Å². The lowest BCUT2D eigenvalue weighted by molar-refractivity contribution is -0.858. The highest BCUT2D eigenvalue weighted by Gasteiger charge is 2.44. The van der Waals surface area contributed by atoms with Crippen LogP contribution in [0.1, 0.15) is 55.5 Å². The first-order chi connectivity index (χ1) is 16.6. The van der Waals surface area contributed by atoms with Crippen molar-refractivity contribution in [2.75, 3.05) is 33.8 Å². The summed E-state index contributed by atoms with van der Waals surface area (Å²) in [5, 5.41) is 13.8. The Kier molecular flexibility index (Phi) is 8.73. The maximum Gasteiger partial charge on any atom is 0.295 e. The second-order valence-electron chi connectivity index (χ2n) is 10.1. The first-order valence-corrected chi connectivity index (χ1v) is 12.5. The highest BCUT2D eigenvalue weighted by molar-refractivity contribution is 6.46. The van der Waals surface area contributed by atoms with E-state index < -0.39 is 17.7 Å². The molecule has 6 nitrogen and oxygen atoms in total. The number of likely N-dealkylation sites (tertiary alicyclic amines) is 1. The fraction of sp³-hybridized carbons (Fsp3) is 0.448. The van der Waals surface area contributed by atoms with Crippen LogP contribution in [-0.4, -0.2) is 50.4 Å². The third-order valence-electron chi connectivity index (χ3n) is 6.33. The predicted octanol–water partition coefficient (Wildman–Crippen LogP) is 2.35. The monoisotopic (exact) mass is 478 g/mol. The van der Waals surface area contributed by atoms with Crippen LogP contribution < -0.4 is 14.7 Å². The number of quaternary nitrogens is 1. The zero-order chi connectivity index (χ0) is 25.7. The summed E-state index contributed by atoms with van der Waals surface area (Å²) >= 11 is 0. The van der Waals surface area contributed by atoms with Crippen LogP contribution in [0.3, 0.4) is 0 Å². The molecule has 0 saturated carbocycles. The number of nitrogens with one attached hydrogen (secondary N) is 1. The third-order valence-corrected chi connectivity index (χ3v) is 6.33. The molecule has 1 heterocycles. The van der Waals surface area contributed by atoms with Crippen LogP contribution in [0, 0.1) is 12.8 Å². The van der Waals surface area contributed by atoms with E-state index in [4.69, 9.17) is 4.74 Å². The number of ketones is 1. The largest absolute Gasteiger partial charge is 0.872 e. The Labute approximate surface area is 209 Å². The number of ether oxygens (including phenoxy) is 1. The number of carbonyl (C=O) groups is 2. The summed E-state index contributed by atoms with van der Waals surface area (Å²) in [6.07, 6.45) is 1.63. The van der Waals surface area contributed by atoms with E-state index in [9.17, 15) is 14.7 Å². The van der Waals surface area contributed by atoms with Crippen LogP contribution in [-0.2, 0) is 16.0 Å². The van der Waals surface area contributed by atoms with Crippen molar-refractivity contribution in [1.29, 1.82) is 0 Å². The maximum absolute atomic E-state index is 13.8. The minimum atomic E-state index is -0.698. The summed E-state index contributed by atoms with van der Waals surface area (Å²) < 4.78 is 5.79. The first kappa shape index (κ1) is 26.5. The second kappa shape index (κ2) is 11.5. The van der Waals surface area contributed by atoms with Crippen molar-refractivity contribution in [3.05, 3.63) is 70.3 Å². The van der Waals surface area contributed by atoms with Gasteiger partial charge >= 0.3 is 0 Å². The molecule has 188 valence electrons. The fourth-order valence-electron chi connectivity index (χ4n) is 4.37. The number of Topliss-reactive ketones (excluding diaryl/α,β-unsaturated/α-hetero) is 1. The van der Waals surface area contributed by atoms with Crippen LogP contribution in [0.4, 0.5) is 0 Å². The molecular weight excluding hydrogens is 440 g/mol. The Morgan fingerprint density at radius 2 is 1.80 bits per heavy atom. The van der Waals surface area contributed by atoms with Crippen LogP contribution in [0.2, 0.25) is 0 Å². The smallest absolute Gasteiger partial charge is 0.295 e. The van der Waals surface area contributed by atoms with Crippen molar-refractivity contribution in [2.45, 2.75) is 46.6 Å². The van der Waals surface area contributed by atoms with Gasteiger partial charge in [0, 0.05) is 18.5 Å². The van der Waals surface area contributed by atoms with E-state index >= 15 is 0 Å². The van der Waals surface area contributed by atoms with Gasteiger partial charge in [0.05, 0.1) is 33.3 Å². The van der Waals surface area contributed by atoms with Gasteiger partial charge in [0.2, 0.25) is 5.78 Å². The molecule has 1 aliphatic rings. The molecule has 1 saturated heterocycles. The summed E-state index contributed by atoms with van der Waals surface area (Å²) in [6, 6.07) is 12.5. The fourth-order valence-corrected chi connectivity index (χ4v) is 4.37. The number of carbonyl (C=O) groups excluding carboxylic acids is 2. The topological polar surface area (TPSA) is 74.1 Å². The lowest BCUT2D eigenvalue weighted by atomic mass is 9.93. The minimum Gasteiger partial charge on any atom is -0.872 e. The molecule has 0 aliphatic carbocycles. The van der Waals surface area contributed by atoms with E-state index in [0.717, 1.165) is 36.1 Å². The van der Waals surface area contributed by atoms with E-state index in [1.54, 1.807) is 17.0 Å². The molecule has 1 atom stereocenters. The van der Waals surface area contributed by atoms with E-state index in [1.807, 2.05) is 37.3 Å². The molecule has 2 aromatic carbocycles. The van der Waals surface area contributed by atoms with Gasteiger partial charge in [-0.05, 0) is 53.6 Å². The van der Waals surface area contributed by atoms with Crippen molar-refractivity contribution in [3.63, 3.8) is 0 Å². The molecule has 1 aliphatic heterocycles. The number of hydrogen-bond acceptors (Lipinski definition) is 4. The number of amides is 1. The van der Waals surface area contributed by atoms with Crippen LogP contribution in [0.25, 0.3) is 5.76 Å². The van der Waals surface area contributed by atoms with E-state index in [2.05, 4.69) is 34.9 Å². The predicted molar refractivity (Wildman–Crippen MR) is 136 cm³/mol. The van der Waals surface area contributed by atoms with Crippen LogP contribution in [0.15, 0.2) is 48.0 Å². The van der Waals surface area contributed by atoms with Crippen LogP contribution >= 0.6 is 0 Å².